The van der Waals surface area contributed by atoms with E-state index in [1.165, 1.54) is 0 Å². The number of hydrogen-bond acceptors (Lipinski definition) is 4. The van der Waals surface area contributed by atoms with Crippen LogP contribution in [0.3, 0.4) is 0 Å². The molecule has 0 aliphatic carbocycles. The van der Waals surface area contributed by atoms with E-state index in [-0.39, 0.29) is 18.5 Å². The molecule has 15 heavy (non-hydrogen) atoms. The first-order valence-corrected chi connectivity index (χ1v) is 4.93. The third-order valence-electron chi connectivity index (χ3n) is 2.17. The van der Waals surface area contributed by atoms with Gasteiger partial charge in [0.15, 0.2) is 0 Å². The highest BCUT2D eigenvalue weighted by Gasteiger charge is 2.16. The van der Waals surface area contributed by atoms with Crippen LogP contribution < -0.4 is 0 Å². The normalized spacial score (nSPS) is 10.4. The van der Waals surface area contributed by atoms with Crippen molar-refractivity contribution in [2.45, 2.75) is 26.7 Å². The number of rotatable bonds is 6. The smallest absolute Gasteiger partial charge is 0.0874 e. The lowest BCUT2D eigenvalue weighted by atomic mass is 9.90. The van der Waals surface area contributed by atoms with Gasteiger partial charge in [0.05, 0.1) is 36.7 Å². The predicted octanol–water partition coefficient (Wildman–Crippen LogP) is 1.67. The SMILES string of the molecule is CC(C)(C#N)CCCN(CC#N)CC#N. The summed E-state index contributed by atoms with van der Waals surface area (Å²) in [5.74, 6) is 0. The first kappa shape index (κ1) is 13.4. The summed E-state index contributed by atoms with van der Waals surface area (Å²) in [6, 6.07) is 6.28. The molecule has 0 rings (SSSR count). The summed E-state index contributed by atoms with van der Waals surface area (Å²) in [4.78, 5) is 1.79. The van der Waals surface area contributed by atoms with E-state index in [1.54, 1.807) is 4.90 Å². The monoisotopic (exact) mass is 204 g/mol. The van der Waals surface area contributed by atoms with E-state index in [0.717, 1.165) is 12.8 Å². The zero-order valence-electron chi connectivity index (χ0n) is 9.32. The van der Waals surface area contributed by atoms with Gasteiger partial charge in [-0.3, -0.25) is 4.90 Å². The van der Waals surface area contributed by atoms with Gasteiger partial charge in [-0.1, -0.05) is 0 Å². The summed E-state index contributed by atoms with van der Waals surface area (Å²) in [7, 11) is 0. The van der Waals surface area contributed by atoms with Crippen molar-refractivity contribution >= 4 is 0 Å². The van der Waals surface area contributed by atoms with Crippen LogP contribution in [0.15, 0.2) is 0 Å². The van der Waals surface area contributed by atoms with Crippen molar-refractivity contribution in [3.8, 4) is 18.2 Å². The molecule has 0 unspecified atom stereocenters. The summed E-state index contributed by atoms with van der Waals surface area (Å²) in [5.41, 5.74) is -0.315. The largest absolute Gasteiger partial charge is 0.277 e. The van der Waals surface area contributed by atoms with Crippen LogP contribution >= 0.6 is 0 Å². The molecule has 0 aliphatic heterocycles. The molecule has 0 aromatic heterocycles. The van der Waals surface area contributed by atoms with Crippen molar-refractivity contribution in [3.05, 3.63) is 0 Å². The summed E-state index contributed by atoms with van der Waals surface area (Å²) >= 11 is 0. The van der Waals surface area contributed by atoms with E-state index in [4.69, 9.17) is 15.8 Å². The van der Waals surface area contributed by atoms with Gasteiger partial charge >= 0.3 is 0 Å². The summed E-state index contributed by atoms with van der Waals surface area (Å²) in [6.07, 6.45) is 1.63. The summed E-state index contributed by atoms with van der Waals surface area (Å²) in [5, 5.41) is 25.8. The van der Waals surface area contributed by atoms with Crippen LogP contribution in [-0.2, 0) is 0 Å². The highest BCUT2D eigenvalue weighted by Crippen LogP contribution is 2.20. The molecule has 4 heteroatoms. The molecule has 0 saturated heterocycles. The van der Waals surface area contributed by atoms with Gasteiger partial charge in [0, 0.05) is 6.54 Å². The van der Waals surface area contributed by atoms with Gasteiger partial charge in [0.2, 0.25) is 0 Å². The first-order chi connectivity index (χ1) is 7.05. The van der Waals surface area contributed by atoms with Gasteiger partial charge in [-0.15, -0.1) is 0 Å². The van der Waals surface area contributed by atoms with Gasteiger partial charge < -0.3 is 0 Å². The Balaban J connectivity index is 3.88. The van der Waals surface area contributed by atoms with Crippen LogP contribution in [-0.4, -0.2) is 24.5 Å². The average molecular weight is 204 g/mol. The van der Waals surface area contributed by atoms with Crippen molar-refractivity contribution in [2.24, 2.45) is 5.41 Å². The maximum atomic E-state index is 8.80. The first-order valence-electron chi connectivity index (χ1n) is 4.93. The maximum Gasteiger partial charge on any atom is 0.0874 e. The van der Waals surface area contributed by atoms with Crippen molar-refractivity contribution in [2.75, 3.05) is 19.6 Å². The molecule has 0 fully saturated rings. The molecule has 0 saturated carbocycles. The Bertz CT molecular complexity index is 284. The van der Waals surface area contributed by atoms with E-state index in [2.05, 4.69) is 6.07 Å². The molecule has 80 valence electrons. The van der Waals surface area contributed by atoms with E-state index in [0.29, 0.717) is 6.54 Å². The number of nitrogens with zero attached hydrogens (tertiary/aromatic N) is 4. The lowest BCUT2D eigenvalue weighted by Gasteiger charge is -2.18. The zero-order chi connectivity index (χ0) is 11.7. The van der Waals surface area contributed by atoms with Crippen molar-refractivity contribution in [1.29, 1.82) is 15.8 Å². The van der Waals surface area contributed by atoms with E-state index in [9.17, 15) is 0 Å². The van der Waals surface area contributed by atoms with Gasteiger partial charge in [0.1, 0.15) is 0 Å². The fourth-order valence-corrected chi connectivity index (χ4v) is 1.21. The maximum absolute atomic E-state index is 8.80. The molecule has 0 N–H and O–H groups in total. The Hall–Kier alpha value is -1.57. The number of nitriles is 3. The van der Waals surface area contributed by atoms with E-state index < -0.39 is 0 Å². The molecular weight excluding hydrogens is 188 g/mol. The van der Waals surface area contributed by atoms with Crippen LogP contribution in [0.2, 0.25) is 0 Å². The molecule has 0 bridgehead atoms. The standard InChI is InChI=1S/C11H16N4/c1-11(2,10-14)4-3-7-15(8-5-12)9-6-13/h3-4,7-9H2,1-2H3. The minimum absolute atomic E-state index is 0.278. The second-order valence-electron chi connectivity index (χ2n) is 4.13. The molecule has 0 aliphatic rings. The van der Waals surface area contributed by atoms with Crippen LogP contribution in [0.25, 0.3) is 0 Å². The predicted molar refractivity (Wildman–Crippen MR) is 56.3 cm³/mol. The Morgan fingerprint density at radius 3 is 2.00 bits per heavy atom. The van der Waals surface area contributed by atoms with Gasteiger partial charge in [0.25, 0.3) is 0 Å². The highest BCUT2D eigenvalue weighted by atomic mass is 15.1. The molecule has 0 spiro atoms. The Morgan fingerprint density at radius 1 is 1.07 bits per heavy atom. The van der Waals surface area contributed by atoms with Gasteiger partial charge in [-0.2, -0.15) is 15.8 Å². The zero-order valence-corrected chi connectivity index (χ0v) is 9.32. The van der Waals surface area contributed by atoms with E-state index in [1.807, 2.05) is 26.0 Å². The molecular formula is C11H16N4. The lowest BCUT2D eigenvalue weighted by Crippen LogP contribution is -2.26. The topological polar surface area (TPSA) is 74.6 Å². The molecule has 0 radical (unpaired) electrons. The van der Waals surface area contributed by atoms with E-state index >= 15 is 0 Å². The van der Waals surface area contributed by atoms with Gasteiger partial charge in [-0.05, 0) is 26.7 Å². The average Bonchev–Trinajstić information content (AvgIpc) is 2.18. The van der Waals surface area contributed by atoms with Gasteiger partial charge in [-0.25, -0.2) is 0 Å². The third kappa shape index (κ3) is 6.49. The highest BCUT2D eigenvalue weighted by molar-refractivity contribution is 4.92. The van der Waals surface area contributed by atoms with Crippen molar-refractivity contribution in [3.63, 3.8) is 0 Å². The quantitative estimate of drug-likeness (QED) is 0.617. The minimum Gasteiger partial charge on any atom is -0.277 e. The van der Waals surface area contributed by atoms with Crippen LogP contribution in [0.1, 0.15) is 26.7 Å². The fourth-order valence-electron chi connectivity index (χ4n) is 1.21. The molecule has 0 aromatic carbocycles. The minimum atomic E-state index is -0.315. The van der Waals surface area contributed by atoms with Crippen LogP contribution in [0.4, 0.5) is 0 Å². The Kier molecular flexibility index (Phi) is 6.11. The molecule has 0 aromatic rings. The number of hydrogen-bond donors (Lipinski definition) is 0. The van der Waals surface area contributed by atoms with Crippen molar-refractivity contribution < 1.29 is 0 Å². The second kappa shape index (κ2) is 6.82. The molecule has 0 heterocycles. The molecule has 4 nitrogen and oxygen atoms in total. The fraction of sp³-hybridized carbons (Fsp3) is 0.727. The second-order valence-corrected chi connectivity index (χ2v) is 4.13. The third-order valence-corrected chi connectivity index (χ3v) is 2.17. The van der Waals surface area contributed by atoms with Crippen LogP contribution in [0.5, 0.6) is 0 Å². The van der Waals surface area contributed by atoms with Crippen molar-refractivity contribution in [1.82, 2.24) is 4.90 Å². The summed E-state index contributed by atoms with van der Waals surface area (Å²) in [6.45, 7) is 5.05. The molecule has 0 atom stereocenters. The summed E-state index contributed by atoms with van der Waals surface area (Å²) < 4.78 is 0. The molecule has 0 amide bonds. The Labute approximate surface area is 91.3 Å². The lowest BCUT2D eigenvalue weighted by molar-refractivity contribution is 0.309. The Morgan fingerprint density at radius 2 is 1.60 bits per heavy atom. The van der Waals surface area contributed by atoms with Crippen LogP contribution in [0, 0.1) is 39.4 Å².